The first-order chi connectivity index (χ1) is 14.4. The predicted octanol–water partition coefficient (Wildman–Crippen LogP) is 3.92. The molecule has 30 heavy (non-hydrogen) atoms. The van der Waals surface area contributed by atoms with Crippen molar-refractivity contribution in [2.24, 2.45) is 5.92 Å². The van der Waals surface area contributed by atoms with Gasteiger partial charge in [0.05, 0.1) is 0 Å². The van der Waals surface area contributed by atoms with Crippen LogP contribution in [0.1, 0.15) is 44.1 Å². The van der Waals surface area contributed by atoms with Crippen molar-refractivity contribution in [2.75, 3.05) is 40.3 Å². The summed E-state index contributed by atoms with van der Waals surface area (Å²) >= 11 is 5.91. The van der Waals surface area contributed by atoms with Crippen LogP contribution < -0.4 is 0 Å². The van der Waals surface area contributed by atoms with Gasteiger partial charge in [-0.1, -0.05) is 23.7 Å². The number of carbonyl (C=O) groups excluding carboxylic acids is 2. The summed E-state index contributed by atoms with van der Waals surface area (Å²) in [5.41, 5.74) is 0.962. The lowest BCUT2D eigenvalue weighted by Crippen LogP contribution is -2.44. The molecule has 6 heteroatoms. The van der Waals surface area contributed by atoms with Crippen LogP contribution in [0.4, 0.5) is 0 Å². The Bertz CT molecular complexity index is 741. The van der Waals surface area contributed by atoms with E-state index in [1.54, 1.807) is 6.08 Å². The molecule has 2 saturated heterocycles. The van der Waals surface area contributed by atoms with E-state index in [0.29, 0.717) is 23.4 Å². The minimum absolute atomic E-state index is 0.0458. The van der Waals surface area contributed by atoms with Crippen molar-refractivity contribution in [3.05, 3.63) is 40.9 Å². The molecule has 1 atom stereocenters. The number of likely N-dealkylation sites (tertiary alicyclic amines) is 2. The van der Waals surface area contributed by atoms with Crippen LogP contribution in [0.3, 0.4) is 0 Å². The molecule has 2 heterocycles. The first-order valence-electron chi connectivity index (χ1n) is 11.1. The fourth-order valence-electron chi connectivity index (χ4n) is 4.44. The zero-order valence-electron chi connectivity index (χ0n) is 18.2. The number of benzene rings is 1. The maximum atomic E-state index is 12.7. The molecule has 0 radical (unpaired) electrons. The van der Waals surface area contributed by atoms with Gasteiger partial charge in [-0.3, -0.25) is 9.59 Å². The molecule has 0 aromatic heterocycles. The van der Waals surface area contributed by atoms with E-state index >= 15 is 0 Å². The fourth-order valence-corrected chi connectivity index (χ4v) is 4.56. The molecule has 0 aliphatic carbocycles. The van der Waals surface area contributed by atoms with Crippen molar-refractivity contribution < 1.29 is 9.59 Å². The smallest absolute Gasteiger partial charge is 0.246 e. The van der Waals surface area contributed by atoms with Gasteiger partial charge in [-0.2, -0.15) is 0 Å². The Morgan fingerprint density at radius 1 is 1.13 bits per heavy atom. The van der Waals surface area contributed by atoms with Crippen molar-refractivity contribution in [3.63, 3.8) is 0 Å². The normalized spacial score (nSPS) is 21.2. The second-order valence-electron chi connectivity index (χ2n) is 8.76. The van der Waals surface area contributed by atoms with E-state index in [2.05, 4.69) is 11.9 Å². The van der Waals surface area contributed by atoms with E-state index in [0.717, 1.165) is 63.8 Å². The van der Waals surface area contributed by atoms with Crippen LogP contribution in [0.5, 0.6) is 0 Å². The standard InChI is InChI=1S/C24H34ClN3O2/c1-26-16-13-22(14-17-26)27(2)23(29)11-8-20-4-3-15-28(18-20)24(30)12-7-19-5-9-21(25)10-6-19/h5-7,9-10,12,20,22H,3-4,8,11,13-18H2,1-2H3. The van der Waals surface area contributed by atoms with E-state index in [4.69, 9.17) is 11.6 Å². The Morgan fingerprint density at radius 2 is 1.83 bits per heavy atom. The highest BCUT2D eigenvalue weighted by Gasteiger charge is 2.26. The lowest BCUT2D eigenvalue weighted by Gasteiger charge is -2.36. The van der Waals surface area contributed by atoms with Crippen LogP contribution >= 0.6 is 11.6 Å². The summed E-state index contributed by atoms with van der Waals surface area (Å²) in [6.07, 6.45) is 9.14. The largest absolute Gasteiger partial charge is 0.343 e. The Balaban J connectivity index is 1.44. The Labute approximate surface area is 185 Å². The minimum atomic E-state index is 0.0458. The number of rotatable bonds is 6. The molecule has 5 nitrogen and oxygen atoms in total. The maximum absolute atomic E-state index is 12.7. The number of nitrogens with zero attached hydrogens (tertiary/aromatic N) is 3. The topological polar surface area (TPSA) is 43.9 Å². The van der Waals surface area contributed by atoms with Crippen molar-refractivity contribution in [1.29, 1.82) is 0 Å². The minimum Gasteiger partial charge on any atom is -0.343 e. The molecule has 2 aliphatic heterocycles. The third-order valence-corrected chi connectivity index (χ3v) is 6.77. The third kappa shape index (κ3) is 6.58. The molecule has 2 amide bonds. The predicted molar refractivity (Wildman–Crippen MR) is 122 cm³/mol. The third-order valence-electron chi connectivity index (χ3n) is 6.51. The number of hydrogen-bond donors (Lipinski definition) is 0. The summed E-state index contributed by atoms with van der Waals surface area (Å²) in [4.78, 5) is 31.5. The highest BCUT2D eigenvalue weighted by atomic mass is 35.5. The number of halogens is 1. The number of hydrogen-bond acceptors (Lipinski definition) is 3. The van der Waals surface area contributed by atoms with Gasteiger partial charge in [-0.05, 0) is 81.9 Å². The van der Waals surface area contributed by atoms with Gasteiger partial charge < -0.3 is 14.7 Å². The van der Waals surface area contributed by atoms with Gasteiger partial charge in [0, 0.05) is 43.7 Å². The molecule has 0 N–H and O–H groups in total. The monoisotopic (exact) mass is 431 g/mol. The first-order valence-corrected chi connectivity index (χ1v) is 11.5. The summed E-state index contributed by atoms with van der Waals surface area (Å²) in [7, 11) is 4.09. The number of amides is 2. The molecule has 1 aromatic rings. The Hall–Kier alpha value is -1.85. The Morgan fingerprint density at radius 3 is 2.53 bits per heavy atom. The van der Waals surface area contributed by atoms with Crippen LogP contribution in [0, 0.1) is 5.92 Å². The molecule has 2 aliphatic rings. The SMILES string of the molecule is CN1CCC(N(C)C(=O)CCC2CCCN(C(=O)C=Cc3ccc(Cl)cc3)C2)CC1. The van der Waals surface area contributed by atoms with Gasteiger partial charge in [-0.25, -0.2) is 0 Å². The summed E-state index contributed by atoms with van der Waals surface area (Å²) < 4.78 is 0. The van der Waals surface area contributed by atoms with E-state index in [-0.39, 0.29) is 11.8 Å². The molecule has 0 saturated carbocycles. The van der Waals surface area contributed by atoms with E-state index in [9.17, 15) is 9.59 Å². The van der Waals surface area contributed by atoms with Crippen LogP contribution in [0.2, 0.25) is 5.02 Å². The van der Waals surface area contributed by atoms with E-state index < -0.39 is 0 Å². The van der Waals surface area contributed by atoms with Crippen molar-refractivity contribution in [2.45, 2.75) is 44.6 Å². The summed E-state index contributed by atoms with van der Waals surface area (Å²) in [5.74, 6) is 0.696. The molecular weight excluding hydrogens is 398 g/mol. The fraction of sp³-hybridized carbons (Fsp3) is 0.583. The quantitative estimate of drug-likeness (QED) is 0.641. The average Bonchev–Trinajstić information content (AvgIpc) is 2.77. The second kappa shape index (κ2) is 11.0. The lowest BCUT2D eigenvalue weighted by atomic mass is 9.92. The van der Waals surface area contributed by atoms with Crippen LogP contribution in [-0.4, -0.2) is 72.8 Å². The molecule has 1 unspecified atom stereocenters. The van der Waals surface area contributed by atoms with Crippen molar-refractivity contribution in [1.82, 2.24) is 14.7 Å². The van der Waals surface area contributed by atoms with Gasteiger partial charge >= 0.3 is 0 Å². The van der Waals surface area contributed by atoms with Crippen LogP contribution in [0.15, 0.2) is 30.3 Å². The summed E-state index contributed by atoms with van der Waals surface area (Å²) in [6, 6.07) is 7.82. The molecule has 164 valence electrons. The maximum Gasteiger partial charge on any atom is 0.246 e. The van der Waals surface area contributed by atoms with Crippen LogP contribution in [0.25, 0.3) is 6.08 Å². The number of piperidine rings is 2. The van der Waals surface area contributed by atoms with Crippen molar-refractivity contribution >= 4 is 29.5 Å². The highest BCUT2D eigenvalue weighted by molar-refractivity contribution is 6.30. The van der Waals surface area contributed by atoms with Gasteiger partial charge in [0.1, 0.15) is 0 Å². The molecule has 3 rings (SSSR count). The lowest BCUT2D eigenvalue weighted by molar-refractivity contribution is -0.133. The zero-order valence-corrected chi connectivity index (χ0v) is 19.0. The number of carbonyl (C=O) groups is 2. The molecule has 2 fully saturated rings. The first kappa shape index (κ1) is 22.8. The Kier molecular flexibility index (Phi) is 8.34. The molecule has 1 aromatic carbocycles. The van der Waals surface area contributed by atoms with Crippen molar-refractivity contribution in [3.8, 4) is 0 Å². The molecule has 0 bridgehead atoms. The zero-order chi connectivity index (χ0) is 21.5. The average molecular weight is 432 g/mol. The van der Waals surface area contributed by atoms with Gasteiger partial charge in [0.25, 0.3) is 0 Å². The summed E-state index contributed by atoms with van der Waals surface area (Å²) in [5, 5.41) is 0.688. The van der Waals surface area contributed by atoms with E-state index in [1.807, 2.05) is 47.2 Å². The second-order valence-corrected chi connectivity index (χ2v) is 9.19. The molecular formula is C24H34ClN3O2. The van der Waals surface area contributed by atoms with Gasteiger partial charge in [0.2, 0.25) is 11.8 Å². The van der Waals surface area contributed by atoms with Crippen LogP contribution in [-0.2, 0) is 9.59 Å². The van der Waals surface area contributed by atoms with Gasteiger partial charge in [0.15, 0.2) is 0 Å². The van der Waals surface area contributed by atoms with E-state index in [1.165, 1.54) is 0 Å². The highest BCUT2D eigenvalue weighted by Crippen LogP contribution is 2.23. The molecule has 0 spiro atoms. The summed E-state index contributed by atoms with van der Waals surface area (Å²) in [6.45, 7) is 3.66. The van der Waals surface area contributed by atoms with Gasteiger partial charge in [-0.15, -0.1) is 0 Å².